The van der Waals surface area contributed by atoms with Crippen LogP contribution in [0.4, 0.5) is 16.2 Å². The quantitative estimate of drug-likeness (QED) is 0.371. The van der Waals surface area contributed by atoms with Gasteiger partial charge in [-0.25, -0.2) is 4.79 Å². The van der Waals surface area contributed by atoms with Crippen molar-refractivity contribution in [2.75, 3.05) is 24.4 Å². The molecule has 1 heterocycles. The largest absolute Gasteiger partial charge is 0.495 e. The average molecular weight is 558 g/mol. The van der Waals surface area contributed by atoms with E-state index in [9.17, 15) is 19.5 Å². The number of urea groups is 1. The van der Waals surface area contributed by atoms with Crippen LogP contribution in [-0.2, 0) is 20.7 Å². The van der Waals surface area contributed by atoms with E-state index in [-0.39, 0.29) is 36.4 Å². The Bertz CT molecular complexity index is 1180. The molecule has 3 N–H and O–H groups in total. The number of hydrogen-bond donors (Lipinski definition) is 3. The Morgan fingerprint density at radius 3 is 2.41 bits per heavy atom. The van der Waals surface area contributed by atoms with E-state index in [2.05, 4.69) is 17.6 Å². The molecule has 1 saturated carbocycles. The van der Waals surface area contributed by atoms with E-state index in [0.717, 1.165) is 31.2 Å². The van der Waals surface area contributed by atoms with Crippen LogP contribution in [0.1, 0.15) is 51.0 Å². The molecule has 9 nitrogen and oxygen atoms in total. The van der Waals surface area contributed by atoms with E-state index in [1.165, 1.54) is 7.11 Å². The molecule has 1 aliphatic heterocycles. The molecule has 10 heteroatoms. The number of amides is 3. The lowest BCUT2D eigenvalue weighted by Crippen LogP contribution is -2.43. The molecule has 1 saturated heterocycles. The summed E-state index contributed by atoms with van der Waals surface area (Å²) in [5.41, 5.74) is 1.74. The zero-order valence-corrected chi connectivity index (χ0v) is 23.1. The number of hydrogen-bond acceptors (Lipinski definition) is 5. The molecule has 0 spiro atoms. The number of ether oxygens (including phenoxy) is 2. The smallest absolute Gasteiger partial charge is 0.323 e. The molecule has 4 rings (SSSR count). The van der Waals surface area contributed by atoms with Gasteiger partial charge < -0.3 is 30.1 Å². The number of carboxylic acid groups (broad SMARTS) is 1. The fraction of sp³-hybridized carbons (Fsp3) is 0.483. The number of halogens is 1. The van der Waals surface area contributed by atoms with Crippen LogP contribution in [0.2, 0.25) is 5.02 Å². The van der Waals surface area contributed by atoms with Gasteiger partial charge in [-0.2, -0.15) is 0 Å². The molecule has 2 aromatic rings. The van der Waals surface area contributed by atoms with Gasteiger partial charge in [0.15, 0.2) is 0 Å². The van der Waals surface area contributed by atoms with Crippen molar-refractivity contribution in [3.8, 4) is 5.75 Å². The molecule has 210 valence electrons. The number of carboxylic acids is 1. The Morgan fingerprint density at radius 1 is 1.00 bits per heavy atom. The Morgan fingerprint density at radius 2 is 1.72 bits per heavy atom. The fourth-order valence-corrected chi connectivity index (χ4v) is 5.64. The minimum absolute atomic E-state index is 0.000962. The lowest BCUT2D eigenvalue weighted by Gasteiger charge is -2.32. The minimum atomic E-state index is -0.726. The minimum Gasteiger partial charge on any atom is -0.495 e. The van der Waals surface area contributed by atoms with Crippen LogP contribution in [0.5, 0.6) is 5.75 Å². The Balaban J connectivity index is 1.33. The summed E-state index contributed by atoms with van der Waals surface area (Å²) >= 11 is 6.12. The van der Waals surface area contributed by atoms with E-state index >= 15 is 0 Å². The third kappa shape index (κ3) is 7.42. The average Bonchev–Trinajstić information content (AvgIpc) is 3.30. The maximum Gasteiger partial charge on any atom is 0.323 e. The molecule has 1 unspecified atom stereocenters. The second kappa shape index (κ2) is 13.2. The summed E-state index contributed by atoms with van der Waals surface area (Å²) in [6.45, 7) is 2.52. The molecule has 0 aromatic heterocycles. The first kappa shape index (κ1) is 28.7. The number of benzene rings is 2. The summed E-state index contributed by atoms with van der Waals surface area (Å²) in [5, 5.41) is 15.1. The summed E-state index contributed by atoms with van der Waals surface area (Å²) in [7, 11) is 1.51. The number of aliphatic carboxylic acids is 1. The maximum atomic E-state index is 13.4. The van der Waals surface area contributed by atoms with Crippen LogP contribution in [0.3, 0.4) is 0 Å². The van der Waals surface area contributed by atoms with Crippen molar-refractivity contribution in [3.63, 3.8) is 0 Å². The number of anilines is 2. The molecular weight excluding hydrogens is 522 g/mol. The van der Waals surface area contributed by atoms with Crippen molar-refractivity contribution < 1.29 is 29.0 Å². The van der Waals surface area contributed by atoms with Crippen LogP contribution < -0.4 is 15.4 Å². The molecule has 39 heavy (non-hydrogen) atoms. The zero-order chi connectivity index (χ0) is 27.9. The van der Waals surface area contributed by atoms with Crippen molar-refractivity contribution in [2.45, 2.75) is 70.1 Å². The highest BCUT2D eigenvalue weighted by Crippen LogP contribution is 2.31. The van der Waals surface area contributed by atoms with Gasteiger partial charge in [-0.15, -0.1) is 0 Å². The highest BCUT2D eigenvalue weighted by molar-refractivity contribution is 6.33. The van der Waals surface area contributed by atoms with E-state index in [4.69, 9.17) is 21.1 Å². The molecule has 2 aromatic carbocycles. The van der Waals surface area contributed by atoms with Crippen molar-refractivity contribution in [1.82, 2.24) is 4.90 Å². The van der Waals surface area contributed by atoms with Crippen LogP contribution >= 0.6 is 11.6 Å². The van der Waals surface area contributed by atoms with Gasteiger partial charge in [-0.1, -0.05) is 29.8 Å². The molecule has 2 atom stereocenters. The number of carbonyl (C=O) groups is 3. The van der Waals surface area contributed by atoms with Gasteiger partial charge in [0.25, 0.3) is 0 Å². The highest BCUT2D eigenvalue weighted by atomic mass is 35.5. The van der Waals surface area contributed by atoms with Crippen LogP contribution in [0.15, 0.2) is 42.5 Å². The normalized spacial score (nSPS) is 22.8. The van der Waals surface area contributed by atoms with Crippen LogP contribution in [-0.4, -0.2) is 59.8 Å². The molecule has 2 fully saturated rings. The molecule has 0 radical (unpaired) electrons. The zero-order valence-electron chi connectivity index (χ0n) is 22.3. The van der Waals surface area contributed by atoms with E-state index in [1.54, 1.807) is 42.5 Å². The predicted octanol–water partition coefficient (Wildman–Crippen LogP) is 5.57. The van der Waals surface area contributed by atoms with Gasteiger partial charge in [-0.05, 0) is 75.3 Å². The van der Waals surface area contributed by atoms with E-state index in [0.29, 0.717) is 41.6 Å². The van der Waals surface area contributed by atoms with Crippen molar-refractivity contribution in [3.05, 3.63) is 53.1 Å². The van der Waals surface area contributed by atoms with Gasteiger partial charge >= 0.3 is 12.0 Å². The van der Waals surface area contributed by atoms with Gasteiger partial charge in [0.2, 0.25) is 5.91 Å². The topological polar surface area (TPSA) is 117 Å². The Kier molecular flexibility index (Phi) is 9.69. The van der Waals surface area contributed by atoms with Crippen molar-refractivity contribution >= 4 is 40.9 Å². The molecule has 3 amide bonds. The van der Waals surface area contributed by atoms with E-state index < -0.39 is 12.0 Å². The number of methoxy groups -OCH3 is 1. The highest BCUT2D eigenvalue weighted by Gasteiger charge is 2.35. The third-order valence-electron chi connectivity index (χ3n) is 7.61. The summed E-state index contributed by atoms with van der Waals surface area (Å²) < 4.78 is 11.6. The van der Waals surface area contributed by atoms with Crippen LogP contribution in [0, 0.1) is 5.92 Å². The van der Waals surface area contributed by atoms with Gasteiger partial charge in [0.1, 0.15) is 5.75 Å². The lowest BCUT2D eigenvalue weighted by molar-refractivity contribution is -0.144. The SMILES string of the molecule is COc1cc(CC(=O)N2C(C)CC[C@H]2COC2CCC(C(=O)O)CC2)ccc1NC(=O)Nc1ccccc1Cl. The first-order valence-electron chi connectivity index (χ1n) is 13.4. The predicted molar refractivity (Wildman–Crippen MR) is 149 cm³/mol. The molecule has 2 aliphatic rings. The third-order valence-corrected chi connectivity index (χ3v) is 7.94. The molecule has 1 aliphatic carbocycles. The first-order valence-corrected chi connectivity index (χ1v) is 13.8. The summed E-state index contributed by atoms with van der Waals surface area (Å²) in [5.74, 6) is -0.538. The van der Waals surface area contributed by atoms with Gasteiger partial charge in [-0.3, -0.25) is 9.59 Å². The van der Waals surface area contributed by atoms with Gasteiger partial charge in [0, 0.05) is 6.04 Å². The summed E-state index contributed by atoms with van der Waals surface area (Å²) in [6.07, 6.45) is 4.80. The number of para-hydroxylation sites is 1. The lowest BCUT2D eigenvalue weighted by atomic mass is 9.87. The van der Waals surface area contributed by atoms with Crippen molar-refractivity contribution in [1.29, 1.82) is 0 Å². The fourth-order valence-electron chi connectivity index (χ4n) is 5.46. The second-order valence-corrected chi connectivity index (χ2v) is 10.7. The maximum absolute atomic E-state index is 13.4. The number of carbonyl (C=O) groups excluding carboxylic acids is 2. The summed E-state index contributed by atoms with van der Waals surface area (Å²) in [4.78, 5) is 39.0. The van der Waals surface area contributed by atoms with Crippen LogP contribution in [0.25, 0.3) is 0 Å². The molecule has 0 bridgehead atoms. The number of nitrogens with zero attached hydrogens (tertiary/aromatic N) is 1. The Hall–Kier alpha value is -3.30. The Labute approximate surface area is 233 Å². The second-order valence-electron chi connectivity index (χ2n) is 10.3. The standard InChI is InChI=1S/C29H36ClN3O6/c1-18-7-11-21(17-39-22-12-9-20(10-13-22)28(35)36)33(18)27(34)16-19-8-14-25(26(15-19)38-2)32-29(37)31-24-6-4-3-5-23(24)30/h3-6,8,14-15,18,20-22H,7,9-13,16-17H2,1-2H3,(H,35,36)(H2,31,32,37)/t18?,20?,21-,22?/m0/s1. The van der Waals surface area contributed by atoms with E-state index in [1.807, 2.05) is 4.90 Å². The van der Waals surface area contributed by atoms with Crippen molar-refractivity contribution in [2.24, 2.45) is 5.92 Å². The number of rotatable bonds is 9. The number of likely N-dealkylation sites (tertiary alicyclic amines) is 1. The first-order chi connectivity index (χ1) is 18.7. The summed E-state index contributed by atoms with van der Waals surface area (Å²) in [6, 6.07) is 11.9. The number of nitrogens with one attached hydrogen (secondary N) is 2. The monoisotopic (exact) mass is 557 g/mol. The molecular formula is C29H36ClN3O6. The van der Waals surface area contributed by atoms with Gasteiger partial charge in [0.05, 0.1) is 54.6 Å².